The maximum absolute atomic E-state index is 12.8. The molecule has 3 aromatic rings. The number of hydrogen-bond acceptors (Lipinski definition) is 6. The van der Waals surface area contributed by atoms with E-state index >= 15 is 0 Å². The van der Waals surface area contributed by atoms with Gasteiger partial charge in [-0.3, -0.25) is 9.82 Å². The van der Waals surface area contributed by atoms with E-state index in [4.69, 9.17) is 9.84 Å². The molecule has 0 aliphatic rings. The lowest BCUT2D eigenvalue weighted by atomic mass is 10.2. The van der Waals surface area contributed by atoms with Crippen molar-refractivity contribution in [3.63, 3.8) is 0 Å². The van der Waals surface area contributed by atoms with Gasteiger partial charge in [-0.05, 0) is 37.3 Å². The monoisotopic (exact) mass is 388 g/mol. The number of carbonyl (C=O) groups is 1. The first-order valence-electron chi connectivity index (χ1n) is 7.74. The van der Waals surface area contributed by atoms with E-state index in [0.29, 0.717) is 17.2 Å². The highest BCUT2D eigenvalue weighted by Gasteiger charge is 2.22. The Morgan fingerprint density at radius 1 is 1.22 bits per heavy atom. The molecule has 0 fully saturated rings. The number of ether oxygens (including phenoxy) is 1. The summed E-state index contributed by atoms with van der Waals surface area (Å²) in [6.45, 7) is 1.75. The van der Waals surface area contributed by atoms with Crippen molar-refractivity contribution in [2.24, 2.45) is 0 Å². The van der Waals surface area contributed by atoms with Crippen LogP contribution in [0.1, 0.15) is 16.2 Å². The molecule has 9 nitrogen and oxygen atoms in total. The van der Waals surface area contributed by atoms with Gasteiger partial charge in [-0.15, -0.1) is 0 Å². The third-order valence-corrected chi connectivity index (χ3v) is 5.07. The number of nitrogens with zero attached hydrogens (tertiary/aromatic N) is 2. The number of hydrogen-bond donors (Lipinski definition) is 3. The van der Waals surface area contributed by atoms with Crippen LogP contribution in [0.25, 0.3) is 11.4 Å². The van der Waals surface area contributed by atoms with Crippen molar-refractivity contribution < 1.29 is 23.1 Å². The highest BCUT2D eigenvalue weighted by molar-refractivity contribution is 7.92. The summed E-state index contributed by atoms with van der Waals surface area (Å²) in [5.74, 6) is -0.144. The zero-order chi connectivity index (χ0) is 19.6. The van der Waals surface area contributed by atoms with Gasteiger partial charge < -0.3 is 9.84 Å². The summed E-state index contributed by atoms with van der Waals surface area (Å²) >= 11 is 0. The van der Waals surface area contributed by atoms with E-state index in [1.807, 2.05) is 0 Å². The molecule has 3 N–H and O–H groups in total. The summed E-state index contributed by atoms with van der Waals surface area (Å²) < 4.78 is 33.1. The largest absolute Gasteiger partial charge is 0.495 e. The first-order valence-corrected chi connectivity index (χ1v) is 9.22. The number of carboxylic acid groups (broad SMARTS) is 1. The van der Waals surface area contributed by atoms with Gasteiger partial charge in [0.05, 0.1) is 12.7 Å². The van der Waals surface area contributed by atoms with Crippen molar-refractivity contribution in [1.82, 2.24) is 15.2 Å². The Hall–Kier alpha value is -3.40. The predicted octanol–water partition coefficient (Wildman–Crippen LogP) is 2.29. The van der Waals surface area contributed by atoms with E-state index in [2.05, 4.69) is 19.9 Å². The van der Waals surface area contributed by atoms with Gasteiger partial charge in [-0.25, -0.2) is 18.2 Å². The number of H-pyrrole nitrogens is 1. The number of aromatic carboxylic acids is 1. The van der Waals surface area contributed by atoms with Gasteiger partial charge in [0.15, 0.2) is 5.82 Å². The second kappa shape index (κ2) is 7.08. The summed E-state index contributed by atoms with van der Waals surface area (Å²) in [5, 5.41) is 15.9. The van der Waals surface area contributed by atoms with E-state index in [9.17, 15) is 13.2 Å². The summed E-state index contributed by atoms with van der Waals surface area (Å²) in [6, 6.07) is 10.2. The smallest absolute Gasteiger partial charge is 0.335 e. The molecule has 0 aliphatic carbocycles. The van der Waals surface area contributed by atoms with Crippen LogP contribution in [0.5, 0.6) is 5.75 Å². The SMILES string of the molecule is COc1ccc(C(=O)O)cc1S(=O)(=O)Nc1cccc(-c2n[nH]c(C)n2)c1. The molecule has 2 aromatic carbocycles. The van der Waals surface area contributed by atoms with Gasteiger partial charge in [-0.1, -0.05) is 12.1 Å². The lowest BCUT2D eigenvalue weighted by molar-refractivity contribution is 0.0696. The lowest BCUT2D eigenvalue weighted by Crippen LogP contribution is -2.15. The van der Waals surface area contributed by atoms with E-state index in [0.717, 1.165) is 6.07 Å². The van der Waals surface area contributed by atoms with Crippen molar-refractivity contribution in [2.75, 3.05) is 11.8 Å². The standard InChI is InChI=1S/C17H16N4O5S/c1-10-18-16(20-19-10)11-4-3-5-13(8-11)21-27(24,25)15-9-12(17(22)23)6-7-14(15)26-2/h3-9,21H,1-2H3,(H,22,23)(H,18,19,20). The fourth-order valence-corrected chi connectivity index (χ4v) is 3.67. The Morgan fingerprint density at radius 2 is 2.00 bits per heavy atom. The maximum atomic E-state index is 12.8. The van der Waals surface area contributed by atoms with Crippen LogP contribution >= 0.6 is 0 Å². The Bertz CT molecular complexity index is 1110. The molecule has 0 amide bonds. The Balaban J connectivity index is 1.98. The van der Waals surface area contributed by atoms with Crippen LogP contribution in [0.2, 0.25) is 0 Å². The number of rotatable bonds is 6. The quantitative estimate of drug-likeness (QED) is 0.590. The summed E-state index contributed by atoms with van der Waals surface area (Å²) in [5.41, 5.74) is 0.727. The molecule has 0 unspecified atom stereocenters. The number of nitrogens with one attached hydrogen (secondary N) is 2. The minimum Gasteiger partial charge on any atom is -0.495 e. The van der Waals surface area contributed by atoms with E-state index < -0.39 is 16.0 Å². The molecule has 3 rings (SSSR count). The van der Waals surface area contributed by atoms with E-state index in [1.165, 1.54) is 19.2 Å². The van der Waals surface area contributed by atoms with Gasteiger partial charge in [0, 0.05) is 11.3 Å². The Kier molecular flexibility index (Phi) is 4.82. The first kappa shape index (κ1) is 18.4. The fraction of sp³-hybridized carbons (Fsp3) is 0.118. The molecule has 0 radical (unpaired) electrons. The summed E-state index contributed by atoms with van der Waals surface area (Å²) in [6.07, 6.45) is 0. The molecule has 0 saturated heterocycles. The Labute approximate surface area is 155 Å². The van der Waals surface area contributed by atoms with E-state index in [-0.39, 0.29) is 21.9 Å². The first-order chi connectivity index (χ1) is 12.8. The zero-order valence-electron chi connectivity index (χ0n) is 14.4. The molecule has 10 heteroatoms. The van der Waals surface area contributed by atoms with Crippen molar-refractivity contribution >= 4 is 21.7 Å². The second-order valence-electron chi connectivity index (χ2n) is 5.60. The topological polar surface area (TPSA) is 134 Å². The van der Waals surface area contributed by atoms with Gasteiger partial charge in [-0.2, -0.15) is 5.10 Å². The average molecular weight is 388 g/mol. The molecule has 140 valence electrons. The van der Waals surface area contributed by atoms with Crippen LogP contribution in [-0.2, 0) is 10.0 Å². The number of sulfonamides is 1. The third-order valence-electron chi connectivity index (χ3n) is 3.67. The number of aryl methyl sites for hydroxylation is 1. The highest BCUT2D eigenvalue weighted by atomic mass is 32.2. The molecule has 27 heavy (non-hydrogen) atoms. The fourth-order valence-electron chi connectivity index (χ4n) is 2.42. The molecular weight excluding hydrogens is 372 g/mol. The number of aromatic amines is 1. The lowest BCUT2D eigenvalue weighted by Gasteiger charge is -2.12. The molecule has 0 aliphatic heterocycles. The third kappa shape index (κ3) is 3.90. The van der Waals surface area contributed by atoms with Gasteiger partial charge in [0.25, 0.3) is 10.0 Å². The van der Waals surface area contributed by atoms with Gasteiger partial charge in [0.1, 0.15) is 16.5 Å². The molecule has 0 atom stereocenters. The number of methoxy groups -OCH3 is 1. The van der Waals surface area contributed by atoms with Gasteiger partial charge in [0.2, 0.25) is 0 Å². The minimum atomic E-state index is -4.09. The van der Waals surface area contributed by atoms with Crippen molar-refractivity contribution in [2.45, 2.75) is 11.8 Å². The van der Waals surface area contributed by atoms with Crippen molar-refractivity contribution in [3.8, 4) is 17.1 Å². The van der Waals surface area contributed by atoms with Crippen LogP contribution in [0, 0.1) is 6.92 Å². The minimum absolute atomic E-state index is 0.0354. The molecule has 1 heterocycles. The summed E-state index contributed by atoms with van der Waals surface area (Å²) in [7, 11) is -2.79. The normalized spacial score (nSPS) is 11.2. The number of carboxylic acids is 1. The maximum Gasteiger partial charge on any atom is 0.335 e. The van der Waals surface area contributed by atoms with Crippen molar-refractivity contribution in [1.29, 1.82) is 0 Å². The van der Waals surface area contributed by atoms with Crippen LogP contribution in [0.4, 0.5) is 5.69 Å². The average Bonchev–Trinajstić information content (AvgIpc) is 3.07. The van der Waals surface area contributed by atoms with E-state index in [1.54, 1.807) is 31.2 Å². The van der Waals surface area contributed by atoms with Crippen LogP contribution < -0.4 is 9.46 Å². The predicted molar refractivity (Wildman–Crippen MR) is 97.3 cm³/mol. The molecule has 0 bridgehead atoms. The number of anilines is 1. The molecule has 0 saturated carbocycles. The molecule has 0 spiro atoms. The molecular formula is C17H16N4O5S. The van der Waals surface area contributed by atoms with Gasteiger partial charge >= 0.3 is 5.97 Å². The number of aromatic nitrogens is 3. The molecule has 1 aromatic heterocycles. The Morgan fingerprint density at radius 3 is 2.63 bits per heavy atom. The van der Waals surface area contributed by atoms with Crippen LogP contribution in [0.15, 0.2) is 47.4 Å². The second-order valence-corrected chi connectivity index (χ2v) is 7.25. The van der Waals surface area contributed by atoms with Crippen LogP contribution in [-0.4, -0.2) is 41.8 Å². The summed E-state index contributed by atoms with van der Waals surface area (Å²) in [4.78, 5) is 15.1. The van der Waals surface area contributed by atoms with Crippen molar-refractivity contribution in [3.05, 3.63) is 53.9 Å². The highest BCUT2D eigenvalue weighted by Crippen LogP contribution is 2.28. The van der Waals surface area contributed by atoms with Crippen LogP contribution in [0.3, 0.4) is 0 Å². The number of benzene rings is 2. The zero-order valence-corrected chi connectivity index (χ0v) is 15.2.